The predicted molar refractivity (Wildman–Crippen MR) is 108 cm³/mol. The Bertz CT molecular complexity index is 1290. The Morgan fingerprint density at radius 3 is 2.52 bits per heavy atom. The minimum Gasteiger partial charge on any atom is -0.258 e. The van der Waals surface area contributed by atoms with Gasteiger partial charge in [0.15, 0.2) is 5.82 Å². The van der Waals surface area contributed by atoms with Crippen molar-refractivity contribution in [1.82, 2.24) is 14.8 Å². The molecular weight excluding hydrogens is 451 g/mol. The molecule has 172 valence electrons. The fourth-order valence-electron chi connectivity index (χ4n) is 2.84. The molecule has 0 bridgehead atoms. The maximum atomic E-state index is 13.3. The van der Waals surface area contributed by atoms with Gasteiger partial charge in [-0.05, 0) is 31.5 Å². The summed E-state index contributed by atoms with van der Waals surface area (Å²) in [6.45, 7) is 1.52. The van der Waals surface area contributed by atoms with E-state index >= 15 is 0 Å². The van der Waals surface area contributed by atoms with Gasteiger partial charge in [-0.3, -0.25) is 14.8 Å². The highest BCUT2D eigenvalue weighted by Crippen LogP contribution is 2.37. The molecule has 0 amide bonds. The van der Waals surface area contributed by atoms with Crippen LogP contribution in [0.5, 0.6) is 0 Å². The molecule has 0 aliphatic heterocycles. The van der Waals surface area contributed by atoms with Crippen LogP contribution in [-0.2, 0) is 12.0 Å². The van der Waals surface area contributed by atoms with Crippen molar-refractivity contribution < 1.29 is 26.9 Å². The summed E-state index contributed by atoms with van der Waals surface area (Å²) in [5, 5.41) is 24.5. The zero-order valence-electron chi connectivity index (χ0n) is 17.1. The summed E-state index contributed by atoms with van der Waals surface area (Å²) in [4.78, 5) is 18.8. The molecule has 33 heavy (non-hydrogen) atoms. The van der Waals surface area contributed by atoms with Crippen LogP contribution in [0.4, 0.5) is 33.5 Å². The molecule has 0 N–H and O–H groups in total. The first-order valence-electron chi connectivity index (χ1n) is 9.25. The third-order valence-electron chi connectivity index (χ3n) is 4.84. The lowest BCUT2D eigenvalue weighted by Gasteiger charge is -2.19. The highest BCUT2D eigenvalue weighted by molar-refractivity contribution is 5.88. The van der Waals surface area contributed by atoms with E-state index in [1.54, 1.807) is 19.9 Å². The first kappa shape index (κ1) is 23.7. The third kappa shape index (κ3) is 4.79. The quantitative estimate of drug-likeness (QED) is 0.218. The topological polar surface area (TPSA) is 110 Å². The highest BCUT2D eigenvalue weighted by Gasteiger charge is 2.57. The number of rotatable bonds is 6. The molecular formula is C20H15F5N6O2. The number of aromatic nitrogens is 3. The summed E-state index contributed by atoms with van der Waals surface area (Å²) < 4.78 is 64.5. The van der Waals surface area contributed by atoms with Crippen LogP contribution >= 0.6 is 0 Å². The second kappa shape index (κ2) is 8.19. The average molecular weight is 466 g/mol. The smallest absolute Gasteiger partial charge is 0.258 e. The molecule has 0 aliphatic carbocycles. The largest absolute Gasteiger partial charge is 0.455 e. The highest BCUT2D eigenvalue weighted by atomic mass is 19.4. The minimum absolute atomic E-state index is 0.0281. The fraction of sp³-hybridized carbons (Fsp3) is 0.300. The standard InChI is InChI=1S/C20H15F5N6O2/c1-18(2,10-26)14-4-3-12(15(6-14)31(32)33)7-27-17-5-13-8-29-30(16(13)9-28-17)11-19(21,22)20(23,24)25/h3-9H,11H2,1-2H3/b27-7+. The van der Waals surface area contributed by atoms with Gasteiger partial charge in [0, 0.05) is 17.7 Å². The van der Waals surface area contributed by atoms with Gasteiger partial charge in [-0.1, -0.05) is 6.07 Å². The Balaban J connectivity index is 1.91. The van der Waals surface area contributed by atoms with Crippen LogP contribution in [0.1, 0.15) is 25.0 Å². The van der Waals surface area contributed by atoms with Gasteiger partial charge < -0.3 is 0 Å². The number of halogens is 5. The van der Waals surface area contributed by atoms with Gasteiger partial charge in [0.05, 0.1) is 39.9 Å². The van der Waals surface area contributed by atoms with Crippen molar-refractivity contribution in [1.29, 1.82) is 5.26 Å². The molecule has 0 spiro atoms. The van der Waals surface area contributed by atoms with Crippen molar-refractivity contribution in [2.24, 2.45) is 4.99 Å². The summed E-state index contributed by atoms with van der Waals surface area (Å²) in [6.07, 6.45) is -2.44. The Hall–Kier alpha value is -3.95. The summed E-state index contributed by atoms with van der Waals surface area (Å²) in [5.74, 6) is -4.95. The first-order chi connectivity index (χ1) is 15.2. The van der Waals surface area contributed by atoms with Gasteiger partial charge in [0.1, 0.15) is 6.54 Å². The number of nitro groups is 1. The Morgan fingerprint density at radius 1 is 1.21 bits per heavy atom. The zero-order valence-corrected chi connectivity index (χ0v) is 17.1. The van der Waals surface area contributed by atoms with Crippen molar-refractivity contribution in [2.45, 2.75) is 37.9 Å². The van der Waals surface area contributed by atoms with Gasteiger partial charge in [0.2, 0.25) is 0 Å². The van der Waals surface area contributed by atoms with Gasteiger partial charge in [-0.15, -0.1) is 0 Å². The van der Waals surface area contributed by atoms with Crippen LogP contribution in [0.25, 0.3) is 10.9 Å². The monoisotopic (exact) mass is 466 g/mol. The number of alkyl halides is 5. The minimum atomic E-state index is -5.73. The van der Waals surface area contributed by atoms with Crippen LogP contribution in [0.15, 0.2) is 41.7 Å². The summed E-state index contributed by atoms with van der Waals surface area (Å²) in [5.41, 5.74) is -0.734. The number of hydrogen-bond acceptors (Lipinski definition) is 6. The number of nitriles is 1. The molecule has 2 aromatic heterocycles. The summed E-state index contributed by atoms with van der Waals surface area (Å²) in [7, 11) is 0. The molecule has 0 saturated carbocycles. The number of aliphatic imine (C=N–C) groups is 1. The van der Waals surface area contributed by atoms with Crippen molar-refractivity contribution in [2.75, 3.05) is 0 Å². The van der Waals surface area contributed by atoms with E-state index in [2.05, 4.69) is 21.1 Å². The van der Waals surface area contributed by atoms with Crippen molar-refractivity contribution in [3.05, 3.63) is 57.9 Å². The Labute approximate surface area is 183 Å². The van der Waals surface area contributed by atoms with Gasteiger partial charge >= 0.3 is 12.1 Å². The molecule has 0 aliphatic rings. The number of benzene rings is 1. The number of nitrogens with zero attached hydrogens (tertiary/aromatic N) is 6. The van der Waals surface area contributed by atoms with Crippen molar-refractivity contribution in [3.63, 3.8) is 0 Å². The van der Waals surface area contributed by atoms with E-state index in [0.717, 1.165) is 18.6 Å². The predicted octanol–water partition coefficient (Wildman–Crippen LogP) is 5.09. The molecule has 3 aromatic rings. The van der Waals surface area contributed by atoms with E-state index in [0.29, 0.717) is 10.2 Å². The molecule has 2 heterocycles. The summed E-state index contributed by atoms with van der Waals surface area (Å²) >= 11 is 0. The maximum absolute atomic E-state index is 13.3. The van der Waals surface area contributed by atoms with Crippen LogP contribution in [-0.4, -0.2) is 38.0 Å². The number of nitro benzene ring substituents is 1. The van der Waals surface area contributed by atoms with E-state index in [1.165, 1.54) is 18.2 Å². The van der Waals surface area contributed by atoms with E-state index < -0.39 is 29.0 Å². The van der Waals surface area contributed by atoms with Crippen LogP contribution in [0, 0.1) is 21.4 Å². The van der Waals surface area contributed by atoms with E-state index in [9.17, 15) is 37.3 Å². The first-order valence-corrected chi connectivity index (χ1v) is 9.25. The lowest BCUT2D eigenvalue weighted by atomic mass is 9.85. The molecule has 0 fully saturated rings. The van der Waals surface area contributed by atoms with E-state index in [1.807, 2.05) is 0 Å². The number of hydrogen-bond donors (Lipinski definition) is 0. The SMILES string of the molecule is CC(C)(C#N)c1ccc(/C=N/c2cc3cnn(CC(F)(F)C(F)(F)F)c3cn2)c([N+](=O)[O-])c1. The average Bonchev–Trinajstić information content (AvgIpc) is 3.12. The lowest BCUT2D eigenvalue weighted by Crippen LogP contribution is -2.40. The molecule has 13 heteroatoms. The number of fused-ring (bicyclic) bond motifs is 1. The fourth-order valence-corrected chi connectivity index (χ4v) is 2.84. The lowest BCUT2D eigenvalue weighted by molar-refractivity contribution is -0.385. The summed E-state index contributed by atoms with van der Waals surface area (Å²) in [6, 6.07) is 7.60. The molecule has 0 radical (unpaired) electrons. The van der Waals surface area contributed by atoms with Gasteiger partial charge in [-0.2, -0.15) is 32.3 Å². The molecule has 0 atom stereocenters. The van der Waals surface area contributed by atoms with Gasteiger partial charge in [0.25, 0.3) is 5.69 Å². The molecule has 0 saturated heterocycles. The molecule has 0 unspecified atom stereocenters. The van der Waals surface area contributed by atoms with Crippen LogP contribution < -0.4 is 0 Å². The molecule has 8 nitrogen and oxygen atoms in total. The van der Waals surface area contributed by atoms with Gasteiger partial charge in [-0.25, -0.2) is 9.98 Å². The van der Waals surface area contributed by atoms with Crippen LogP contribution in [0.3, 0.4) is 0 Å². The second-order valence-electron chi connectivity index (χ2n) is 7.63. The third-order valence-corrected chi connectivity index (χ3v) is 4.84. The zero-order chi connectivity index (χ0) is 24.6. The van der Waals surface area contributed by atoms with E-state index in [4.69, 9.17) is 0 Å². The molecule has 3 rings (SSSR count). The Morgan fingerprint density at radius 2 is 1.91 bits per heavy atom. The van der Waals surface area contributed by atoms with E-state index in [-0.39, 0.29) is 28.0 Å². The second-order valence-corrected chi connectivity index (χ2v) is 7.63. The van der Waals surface area contributed by atoms with Crippen LogP contribution in [0.2, 0.25) is 0 Å². The Kier molecular flexibility index (Phi) is 5.89. The van der Waals surface area contributed by atoms with Crippen molar-refractivity contribution in [3.8, 4) is 6.07 Å². The maximum Gasteiger partial charge on any atom is 0.455 e. The van der Waals surface area contributed by atoms with Crippen molar-refractivity contribution >= 4 is 28.6 Å². The number of pyridine rings is 1. The molecule has 1 aromatic carbocycles. The normalized spacial score (nSPS) is 12.9.